The molecule has 0 saturated carbocycles. The van der Waals surface area contributed by atoms with Crippen molar-refractivity contribution in [3.05, 3.63) is 35.9 Å². The molecule has 196 valence electrons. The van der Waals surface area contributed by atoms with Crippen LogP contribution in [0.2, 0.25) is 0 Å². The molecule has 0 radical (unpaired) electrons. The first-order valence-electron chi connectivity index (χ1n) is 11.9. The van der Waals surface area contributed by atoms with Crippen LogP contribution in [0.5, 0.6) is 0 Å². The molecule has 0 aromatic heterocycles. The molecular formula is C25H37NO9. The molecule has 1 fully saturated rings. The minimum absolute atomic E-state index is 0.0359. The Balaban J connectivity index is 1.89. The third-order valence-electron chi connectivity index (χ3n) is 5.60. The lowest BCUT2D eigenvalue weighted by Gasteiger charge is -2.44. The second kappa shape index (κ2) is 14.8. The minimum Gasteiger partial charge on any atom is -0.463 e. The second-order valence-electron chi connectivity index (χ2n) is 8.62. The van der Waals surface area contributed by atoms with Gasteiger partial charge in [-0.2, -0.15) is 0 Å². The van der Waals surface area contributed by atoms with Gasteiger partial charge < -0.3 is 34.1 Å². The smallest absolute Gasteiger partial charge is 0.302 e. The van der Waals surface area contributed by atoms with Gasteiger partial charge in [0.1, 0.15) is 24.9 Å². The van der Waals surface area contributed by atoms with Crippen molar-refractivity contribution in [3.8, 4) is 0 Å². The van der Waals surface area contributed by atoms with Gasteiger partial charge in [0, 0.05) is 33.3 Å². The van der Waals surface area contributed by atoms with E-state index in [9.17, 15) is 19.5 Å². The lowest BCUT2D eigenvalue weighted by molar-refractivity contribution is -0.260. The summed E-state index contributed by atoms with van der Waals surface area (Å²) >= 11 is 0. The summed E-state index contributed by atoms with van der Waals surface area (Å²) in [5.74, 6) is -1.66. The van der Waals surface area contributed by atoms with Gasteiger partial charge in [0.15, 0.2) is 12.6 Å². The van der Waals surface area contributed by atoms with E-state index in [1.54, 1.807) is 6.92 Å². The van der Waals surface area contributed by atoms with Gasteiger partial charge in [-0.15, -0.1) is 0 Å². The number of esters is 2. The normalized spacial score (nSPS) is 24.9. The highest BCUT2D eigenvalue weighted by Crippen LogP contribution is 2.30. The highest BCUT2D eigenvalue weighted by atomic mass is 16.7. The number of aliphatic hydroxyl groups excluding tert-OH is 1. The molecule has 10 heteroatoms. The predicted molar refractivity (Wildman–Crippen MR) is 125 cm³/mol. The van der Waals surface area contributed by atoms with Gasteiger partial charge in [-0.05, 0) is 24.8 Å². The van der Waals surface area contributed by atoms with E-state index in [4.69, 9.17) is 23.7 Å². The maximum absolute atomic E-state index is 11.8. The summed E-state index contributed by atoms with van der Waals surface area (Å²) in [6, 6.07) is 8.85. The molecule has 6 atom stereocenters. The van der Waals surface area contributed by atoms with Crippen LogP contribution < -0.4 is 5.32 Å². The van der Waals surface area contributed by atoms with Gasteiger partial charge in [-0.3, -0.25) is 14.4 Å². The third-order valence-corrected chi connectivity index (χ3v) is 5.60. The number of carbonyl (C=O) groups excluding carboxylic acids is 3. The first-order chi connectivity index (χ1) is 16.7. The molecule has 1 aliphatic rings. The van der Waals surface area contributed by atoms with Crippen molar-refractivity contribution < 1.29 is 43.2 Å². The van der Waals surface area contributed by atoms with Crippen LogP contribution in [-0.4, -0.2) is 67.0 Å². The van der Waals surface area contributed by atoms with Crippen molar-refractivity contribution in [1.82, 2.24) is 5.32 Å². The van der Waals surface area contributed by atoms with E-state index in [0.717, 1.165) is 5.56 Å². The summed E-state index contributed by atoms with van der Waals surface area (Å²) in [6.45, 7) is 6.29. The lowest BCUT2D eigenvalue weighted by atomic mass is 9.89. The largest absolute Gasteiger partial charge is 0.463 e. The maximum atomic E-state index is 11.8. The maximum Gasteiger partial charge on any atom is 0.302 e. The van der Waals surface area contributed by atoms with Crippen molar-refractivity contribution in [2.75, 3.05) is 13.2 Å². The highest BCUT2D eigenvalue weighted by molar-refractivity contribution is 5.73. The molecule has 0 aliphatic carbocycles. The third kappa shape index (κ3) is 10.3. The average molecular weight is 496 g/mol. The minimum atomic E-state index is -0.917. The molecule has 2 N–H and O–H groups in total. The number of unbranched alkanes of at least 4 members (excludes halogenated alkanes) is 1. The molecule has 1 aliphatic heterocycles. The van der Waals surface area contributed by atoms with E-state index in [-0.39, 0.29) is 25.0 Å². The number of aliphatic hydroxyl groups is 1. The second-order valence-corrected chi connectivity index (χ2v) is 8.62. The zero-order valence-electron chi connectivity index (χ0n) is 20.8. The van der Waals surface area contributed by atoms with Gasteiger partial charge >= 0.3 is 11.9 Å². The van der Waals surface area contributed by atoms with Crippen molar-refractivity contribution in [2.45, 2.75) is 84.4 Å². The van der Waals surface area contributed by atoms with Crippen LogP contribution in [0.3, 0.4) is 0 Å². The van der Waals surface area contributed by atoms with Crippen LogP contribution >= 0.6 is 0 Å². The Morgan fingerprint density at radius 1 is 1.09 bits per heavy atom. The van der Waals surface area contributed by atoms with E-state index in [0.29, 0.717) is 25.9 Å². The summed E-state index contributed by atoms with van der Waals surface area (Å²) < 4.78 is 28.0. The average Bonchev–Trinajstić information content (AvgIpc) is 2.80. The van der Waals surface area contributed by atoms with E-state index in [1.807, 2.05) is 30.3 Å². The fourth-order valence-electron chi connectivity index (χ4n) is 3.84. The fourth-order valence-corrected chi connectivity index (χ4v) is 3.84. The van der Waals surface area contributed by atoms with Crippen LogP contribution in [0.15, 0.2) is 30.3 Å². The molecule has 1 aromatic rings. The van der Waals surface area contributed by atoms with Crippen LogP contribution in [0.1, 0.15) is 52.5 Å². The van der Waals surface area contributed by atoms with Crippen LogP contribution in [0, 0.1) is 5.92 Å². The molecule has 1 heterocycles. The Morgan fingerprint density at radius 3 is 2.43 bits per heavy atom. The lowest BCUT2D eigenvalue weighted by Crippen LogP contribution is -2.63. The van der Waals surface area contributed by atoms with Crippen molar-refractivity contribution in [2.24, 2.45) is 5.92 Å². The summed E-state index contributed by atoms with van der Waals surface area (Å²) in [7, 11) is 0. The molecular weight excluding hydrogens is 458 g/mol. The van der Waals surface area contributed by atoms with Gasteiger partial charge in [-0.25, -0.2) is 0 Å². The molecule has 10 nitrogen and oxygen atoms in total. The highest BCUT2D eigenvalue weighted by Gasteiger charge is 2.47. The first kappa shape index (κ1) is 28.7. The summed E-state index contributed by atoms with van der Waals surface area (Å²) in [5, 5.41) is 12.8. The molecule has 0 bridgehead atoms. The van der Waals surface area contributed by atoms with E-state index < -0.39 is 42.8 Å². The predicted octanol–water partition coefficient (Wildman–Crippen LogP) is 2.07. The zero-order chi connectivity index (χ0) is 25.8. The molecule has 1 saturated heterocycles. The van der Waals surface area contributed by atoms with Gasteiger partial charge in [0.05, 0.1) is 6.61 Å². The molecule has 1 amide bonds. The number of benzene rings is 1. The van der Waals surface area contributed by atoms with Gasteiger partial charge in [0.25, 0.3) is 0 Å². The van der Waals surface area contributed by atoms with E-state index >= 15 is 0 Å². The molecule has 6 unspecified atom stereocenters. The number of nitrogens with one attached hydrogen (secondary N) is 1. The van der Waals surface area contributed by atoms with E-state index in [1.165, 1.54) is 20.8 Å². The number of amides is 1. The Bertz CT molecular complexity index is 803. The number of hydrogen-bond donors (Lipinski definition) is 2. The molecule has 0 spiro atoms. The van der Waals surface area contributed by atoms with Crippen LogP contribution in [-0.2, 0) is 44.7 Å². The fraction of sp³-hybridized carbons (Fsp3) is 0.640. The summed E-state index contributed by atoms with van der Waals surface area (Å²) in [4.78, 5) is 34.9. The topological polar surface area (TPSA) is 130 Å². The number of carbonyl (C=O) groups is 3. The molecule has 1 aromatic carbocycles. The quantitative estimate of drug-likeness (QED) is 0.240. The van der Waals surface area contributed by atoms with Crippen molar-refractivity contribution in [3.63, 3.8) is 0 Å². The Labute approximate surface area is 206 Å². The van der Waals surface area contributed by atoms with Crippen LogP contribution in [0.25, 0.3) is 0 Å². The monoisotopic (exact) mass is 495 g/mol. The van der Waals surface area contributed by atoms with Crippen molar-refractivity contribution in [1.29, 1.82) is 0 Å². The summed E-state index contributed by atoms with van der Waals surface area (Å²) in [6.07, 6.45) is -1.47. The Hall–Kier alpha value is -2.53. The number of rotatable bonds is 13. The number of hydrogen-bond acceptors (Lipinski definition) is 9. The number of ether oxygens (including phenoxy) is 5. The van der Waals surface area contributed by atoms with Crippen LogP contribution in [0.4, 0.5) is 0 Å². The standard InChI is InChI=1S/C25H37NO9/c1-16-21(15-32-18(3)28)35-25(23(26-17(2)27)24(16)34-19(4)29)31-13-9-8-12-22(30)33-14-20-10-6-5-7-11-20/h5-7,10-11,16,21-25,30H,8-9,12-15H2,1-4H3,(H,26,27). The van der Waals surface area contributed by atoms with E-state index in [2.05, 4.69) is 5.32 Å². The SMILES string of the molecule is CC(=O)NC1C(OCCCCC(O)OCc2ccccc2)OC(COC(C)=O)C(C)C1OC(C)=O. The Morgan fingerprint density at radius 2 is 1.80 bits per heavy atom. The molecule has 2 rings (SSSR count). The summed E-state index contributed by atoms with van der Waals surface area (Å²) in [5.41, 5.74) is 0.980. The van der Waals surface area contributed by atoms with Gasteiger partial charge in [0.2, 0.25) is 5.91 Å². The van der Waals surface area contributed by atoms with Crippen molar-refractivity contribution >= 4 is 17.8 Å². The first-order valence-corrected chi connectivity index (χ1v) is 11.9. The van der Waals surface area contributed by atoms with Gasteiger partial charge in [-0.1, -0.05) is 37.3 Å². The molecule has 35 heavy (non-hydrogen) atoms. The Kier molecular flexibility index (Phi) is 12.1. The zero-order valence-corrected chi connectivity index (χ0v) is 20.8.